The summed E-state index contributed by atoms with van der Waals surface area (Å²) >= 11 is 0. The highest BCUT2D eigenvalue weighted by Gasteiger charge is 2.32. The van der Waals surface area contributed by atoms with Crippen LogP contribution in [0.4, 0.5) is 0 Å². The Labute approximate surface area is 87.2 Å². The van der Waals surface area contributed by atoms with E-state index in [2.05, 4.69) is 18.7 Å². The Morgan fingerprint density at radius 2 is 1.71 bits per heavy atom. The van der Waals surface area contributed by atoms with Crippen molar-refractivity contribution in [2.75, 3.05) is 13.1 Å². The average molecular weight is 194 g/mol. The van der Waals surface area contributed by atoms with Crippen molar-refractivity contribution in [1.29, 1.82) is 5.41 Å². The molecule has 2 heteroatoms. The fraction of sp³-hybridized carbons (Fsp3) is 0.917. The summed E-state index contributed by atoms with van der Waals surface area (Å²) in [5.74, 6) is 3.29. The minimum Gasteiger partial charge on any atom is -0.360 e. The van der Waals surface area contributed by atoms with E-state index in [1.54, 1.807) is 0 Å². The van der Waals surface area contributed by atoms with Gasteiger partial charge in [-0.25, -0.2) is 0 Å². The summed E-state index contributed by atoms with van der Waals surface area (Å²) < 4.78 is 0. The first kappa shape index (κ1) is 10.0. The molecular formula is C12H22N2. The van der Waals surface area contributed by atoms with Gasteiger partial charge in [-0.3, -0.25) is 5.41 Å². The average Bonchev–Trinajstić information content (AvgIpc) is 3.00. The van der Waals surface area contributed by atoms with Gasteiger partial charge in [0.1, 0.15) is 0 Å². The fourth-order valence-electron chi connectivity index (χ4n) is 2.42. The number of rotatable bonds is 2. The second kappa shape index (κ2) is 3.92. The van der Waals surface area contributed by atoms with Gasteiger partial charge in [0.05, 0.1) is 5.84 Å². The molecule has 0 aromatic heterocycles. The lowest BCUT2D eigenvalue weighted by Gasteiger charge is -2.35. The van der Waals surface area contributed by atoms with Crippen LogP contribution >= 0.6 is 0 Å². The van der Waals surface area contributed by atoms with E-state index in [1.807, 2.05) is 0 Å². The van der Waals surface area contributed by atoms with Crippen LogP contribution in [-0.4, -0.2) is 23.8 Å². The van der Waals surface area contributed by atoms with Gasteiger partial charge in [0.25, 0.3) is 0 Å². The number of amidine groups is 1. The fourth-order valence-corrected chi connectivity index (χ4v) is 2.42. The van der Waals surface area contributed by atoms with E-state index in [-0.39, 0.29) is 0 Å². The van der Waals surface area contributed by atoms with Crippen LogP contribution in [0.15, 0.2) is 0 Å². The number of piperidine rings is 1. The van der Waals surface area contributed by atoms with Gasteiger partial charge in [-0.1, -0.05) is 13.8 Å². The zero-order chi connectivity index (χ0) is 10.1. The van der Waals surface area contributed by atoms with E-state index >= 15 is 0 Å². The third kappa shape index (κ3) is 2.10. The molecule has 14 heavy (non-hydrogen) atoms. The van der Waals surface area contributed by atoms with Crippen molar-refractivity contribution in [1.82, 2.24) is 4.90 Å². The van der Waals surface area contributed by atoms with E-state index in [0.29, 0.717) is 5.92 Å². The van der Waals surface area contributed by atoms with Crippen LogP contribution in [0.5, 0.6) is 0 Å². The number of hydrogen-bond acceptors (Lipinski definition) is 1. The molecule has 1 heterocycles. The molecule has 0 radical (unpaired) electrons. The highest BCUT2D eigenvalue weighted by Crippen LogP contribution is 2.33. The molecule has 2 rings (SSSR count). The molecule has 1 saturated heterocycles. The maximum absolute atomic E-state index is 8.00. The van der Waals surface area contributed by atoms with Crippen molar-refractivity contribution in [3.63, 3.8) is 0 Å². The van der Waals surface area contributed by atoms with Gasteiger partial charge < -0.3 is 4.90 Å². The molecular weight excluding hydrogens is 172 g/mol. The van der Waals surface area contributed by atoms with Crippen molar-refractivity contribution in [3.05, 3.63) is 0 Å². The van der Waals surface area contributed by atoms with Crippen LogP contribution in [-0.2, 0) is 0 Å². The van der Waals surface area contributed by atoms with Crippen molar-refractivity contribution >= 4 is 5.84 Å². The van der Waals surface area contributed by atoms with Gasteiger partial charge in [-0.15, -0.1) is 0 Å². The zero-order valence-corrected chi connectivity index (χ0v) is 9.42. The third-order valence-corrected chi connectivity index (χ3v) is 3.79. The monoisotopic (exact) mass is 194 g/mol. The Morgan fingerprint density at radius 3 is 2.14 bits per heavy atom. The van der Waals surface area contributed by atoms with Crippen molar-refractivity contribution in [2.45, 2.75) is 39.5 Å². The summed E-state index contributed by atoms with van der Waals surface area (Å²) in [5, 5.41) is 8.00. The maximum Gasteiger partial charge on any atom is 0.0989 e. The first-order valence-electron chi connectivity index (χ1n) is 6.02. The molecule has 80 valence electrons. The summed E-state index contributed by atoms with van der Waals surface area (Å²) in [4.78, 5) is 2.32. The van der Waals surface area contributed by atoms with Crippen LogP contribution in [0, 0.1) is 23.2 Å². The third-order valence-electron chi connectivity index (χ3n) is 3.79. The van der Waals surface area contributed by atoms with Gasteiger partial charge in [0, 0.05) is 19.0 Å². The Bertz CT molecular complexity index is 210. The first-order valence-corrected chi connectivity index (χ1v) is 6.02. The first-order chi connectivity index (χ1) is 6.68. The topological polar surface area (TPSA) is 27.1 Å². The predicted octanol–water partition coefficient (Wildman–Crippen LogP) is 2.74. The van der Waals surface area contributed by atoms with E-state index in [1.165, 1.54) is 25.7 Å². The summed E-state index contributed by atoms with van der Waals surface area (Å²) in [5.41, 5.74) is 0. The van der Waals surface area contributed by atoms with Gasteiger partial charge in [0.2, 0.25) is 0 Å². The second-order valence-corrected chi connectivity index (χ2v) is 5.23. The molecule has 0 spiro atoms. The maximum atomic E-state index is 8.00. The molecule has 0 bridgehead atoms. The van der Waals surface area contributed by atoms with Gasteiger partial charge >= 0.3 is 0 Å². The lowest BCUT2D eigenvalue weighted by Crippen LogP contribution is -2.39. The van der Waals surface area contributed by atoms with E-state index in [9.17, 15) is 0 Å². The molecule has 1 aliphatic heterocycles. The minimum atomic E-state index is 0.630. The molecule has 0 unspecified atom stereocenters. The molecule has 0 amide bonds. The van der Waals surface area contributed by atoms with Crippen molar-refractivity contribution in [2.24, 2.45) is 17.8 Å². The molecule has 0 atom stereocenters. The van der Waals surface area contributed by atoms with Gasteiger partial charge in [0.15, 0.2) is 0 Å². The number of nitrogens with zero attached hydrogens (tertiary/aromatic N) is 1. The standard InChI is InChI=1S/C12H22N2/c1-9(2)10-5-7-14(8-6-10)12(13)11-3-4-11/h9-11,13H,3-8H2,1-2H3. The minimum absolute atomic E-state index is 0.630. The zero-order valence-electron chi connectivity index (χ0n) is 9.42. The smallest absolute Gasteiger partial charge is 0.0989 e. The molecule has 0 aromatic rings. The Kier molecular flexibility index (Phi) is 2.80. The van der Waals surface area contributed by atoms with Crippen molar-refractivity contribution < 1.29 is 0 Å². The Morgan fingerprint density at radius 1 is 1.14 bits per heavy atom. The quantitative estimate of drug-likeness (QED) is 0.531. The second-order valence-electron chi connectivity index (χ2n) is 5.23. The number of likely N-dealkylation sites (tertiary alicyclic amines) is 1. The predicted molar refractivity (Wildman–Crippen MR) is 59.6 cm³/mol. The van der Waals surface area contributed by atoms with Gasteiger partial charge in [-0.2, -0.15) is 0 Å². The highest BCUT2D eigenvalue weighted by atomic mass is 15.2. The van der Waals surface area contributed by atoms with Gasteiger partial charge in [-0.05, 0) is 37.5 Å². The van der Waals surface area contributed by atoms with Crippen LogP contribution < -0.4 is 0 Å². The summed E-state index contributed by atoms with van der Waals surface area (Å²) in [6, 6.07) is 0. The lowest BCUT2D eigenvalue weighted by atomic mass is 9.86. The molecule has 0 aromatic carbocycles. The molecule has 1 saturated carbocycles. The normalized spacial score (nSPS) is 24.4. The van der Waals surface area contributed by atoms with E-state index in [0.717, 1.165) is 30.8 Å². The van der Waals surface area contributed by atoms with E-state index in [4.69, 9.17) is 5.41 Å². The molecule has 2 fully saturated rings. The largest absolute Gasteiger partial charge is 0.360 e. The Hall–Kier alpha value is -0.530. The number of hydrogen-bond donors (Lipinski definition) is 1. The number of nitrogens with one attached hydrogen (secondary N) is 1. The SMILES string of the molecule is CC(C)C1CCN(C(=N)C2CC2)CC1. The summed E-state index contributed by atoms with van der Waals surface area (Å²) in [6.07, 6.45) is 5.13. The summed E-state index contributed by atoms with van der Waals surface area (Å²) in [7, 11) is 0. The van der Waals surface area contributed by atoms with Crippen molar-refractivity contribution in [3.8, 4) is 0 Å². The van der Waals surface area contributed by atoms with Crippen LogP contribution in [0.2, 0.25) is 0 Å². The molecule has 1 aliphatic carbocycles. The van der Waals surface area contributed by atoms with Crippen LogP contribution in [0.3, 0.4) is 0 Å². The summed E-state index contributed by atoms with van der Waals surface area (Å²) in [6.45, 7) is 6.93. The van der Waals surface area contributed by atoms with E-state index < -0.39 is 0 Å². The van der Waals surface area contributed by atoms with Crippen LogP contribution in [0.1, 0.15) is 39.5 Å². The highest BCUT2D eigenvalue weighted by molar-refractivity contribution is 5.83. The molecule has 1 N–H and O–H groups in total. The molecule has 2 aliphatic rings. The molecule has 2 nitrogen and oxygen atoms in total. The lowest BCUT2D eigenvalue weighted by molar-refractivity contribution is 0.216. The van der Waals surface area contributed by atoms with Crippen LogP contribution in [0.25, 0.3) is 0 Å². The Balaban J connectivity index is 1.80.